The minimum atomic E-state index is -0.651. The zero-order valence-electron chi connectivity index (χ0n) is 19.5. The van der Waals surface area contributed by atoms with E-state index < -0.39 is 23.3 Å². The number of hydrogen-bond acceptors (Lipinski definition) is 7. The van der Waals surface area contributed by atoms with Gasteiger partial charge in [-0.05, 0) is 68.8 Å². The highest BCUT2D eigenvalue weighted by molar-refractivity contribution is 7.19. The van der Waals surface area contributed by atoms with E-state index in [-0.39, 0.29) is 22.1 Å². The fourth-order valence-corrected chi connectivity index (χ4v) is 4.78. The Kier molecular flexibility index (Phi) is 7.18. The van der Waals surface area contributed by atoms with Crippen molar-refractivity contribution in [3.63, 3.8) is 0 Å². The molecular formula is C25H21ClN4O5S. The number of nitrogens with one attached hydrogen (secondary N) is 2. The third kappa shape index (κ3) is 5.14. The van der Waals surface area contributed by atoms with Crippen molar-refractivity contribution in [1.82, 2.24) is 9.38 Å². The number of esters is 1. The summed E-state index contributed by atoms with van der Waals surface area (Å²) < 4.78 is 6.08. The number of halogens is 1. The Hall–Kier alpha value is -4.02. The van der Waals surface area contributed by atoms with E-state index in [4.69, 9.17) is 16.3 Å². The van der Waals surface area contributed by atoms with E-state index in [9.17, 15) is 19.2 Å². The molecule has 9 nitrogen and oxygen atoms in total. The van der Waals surface area contributed by atoms with Crippen LogP contribution in [-0.4, -0.2) is 33.8 Å². The lowest BCUT2D eigenvalue weighted by Crippen LogP contribution is -2.25. The van der Waals surface area contributed by atoms with Gasteiger partial charge in [-0.25, -0.2) is 14.2 Å². The minimum absolute atomic E-state index is 0.00351. The second-order valence-electron chi connectivity index (χ2n) is 7.80. The summed E-state index contributed by atoms with van der Waals surface area (Å²) >= 11 is 6.93. The van der Waals surface area contributed by atoms with Crippen LogP contribution in [-0.2, 0) is 4.74 Å². The van der Waals surface area contributed by atoms with Gasteiger partial charge < -0.3 is 15.4 Å². The first-order chi connectivity index (χ1) is 17.2. The van der Waals surface area contributed by atoms with Gasteiger partial charge in [0.25, 0.3) is 17.4 Å². The number of nitrogens with zero attached hydrogens (tertiary/aromatic N) is 2. The van der Waals surface area contributed by atoms with Crippen LogP contribution in [0.4, 0.5) is 11.4 Å². The summed E-state index contributed by atoms with van der Waals surface area (Å²) in [5, 5.41) is 5.97. The normalized spacial score (nSPS) is 10.8. The number of anilines is 2. The van der Waals surface area contributed by atoms with Crippen molar-refractivity contribution in [3.05, 3.63) is 91.3 Å². The number of amides is 2. The van der Waals surface area contributed by atoms with E-state index in [1.54, 1.807) is 51.1 Å². The molecule has 0 saturated carbocycles. The first-order valence-electron chi connectivity index (χ1n) is 10.9. The van der Waals surface area contributed by atoms with E-state index in [0.29, 0.717) is 33.2 Å². The van der Waals surface area contributed by atoms with Crippen molar-refractivity contribution in [3.8, 4) is 0 Å². The van der Waals surface area contributed by atoms with Crippen molar-refractivity contribution in [1.29, 1.82) is 0 Å². The molecular weight excluding hydrogens is 504 g/mol. The molecule has 36 heavy (non-hydrogen) atoms. The van der Waals surface area contributed by atoms with E-state index >= 15 is 0 Å². The number of carbonyl (C=O) groups excluding carboxylic acids is 3. The van der Waals surface area contributed by atoms with E-state index in [1.165, 1.54) is 18.2 Å². The topological polar surface area (TPSA) is 119 Å². The van der Waals surface area contributed by atoms with Crippen molar-refractivity contribution in [2.24, 2.45) is 0 Å². The maximum Gasteiger partial charge on any atom is 0.338 e. The van der Waals surface area contributed by atoms with Gasteiger partial charge in [-0.2, -0.15) is 0 Å². The Balaban J connectivity index is 1.71. The Morgan fingerprint density at radius 3 is 2.42 bits per heavy atom. The number of aromatic nitrogens is 2. The fraction of sp³-hybridized carbons (Fsp3) is 0.160. The monoisotopic (exact) mass is 524 g/mol. The fourth-order valence-electron chi connectivity index (χ4n) is 3.49. The predicted molar refractivity (Wildman–Crippen MR) is 139 cm³/mol. The molecule has 0 bridgehead atoms. The number of ether oxygens (including phenoxy) is 1. The summed E-state index contributed by atoms with van der Waals surface area (Å²) in [4.78, 5) is 55.8. The molecule has 0 atom stereocenters. The highest BCUT2D eigenvalue weighted by Gasteiger charge is 2.26. The SMILES string of the molecule is CCOC(=O)c1ccc(NC(=O)c2sc3nc(C)cc(=O)n3c2C(=O)Nc2ccc(Cl)cc2C)cc1. The van der Waals surface area contributed by atoms with Crippen molar-refractivity contribution >= 4 is 57.1 Å². The quantitative estimate of drug-likeness (QED) is 0.353. The van der Waals surface area contributed by atoms with Crippen LogP contribution in [0.25, 0.3) is 4.96 Å². The van der Waals surface area contributed by atoms with Gasteiger partial charge in [0.1, 0.15) is 10.6 Å². The first kappa shape index (κ1) is 25.1. The van der Waals surface area contributed by atoms with Crippen molar-refractivity contribution < 1.29 is 19.1 Å². The number of aryl methyl sites for hydroxylation is 2. The lowest BCUT2D eigenvalue weighted by molar-refractivity contribution is 0.0526. The molecule has 11 heteroatoms. The highest BCUT2D eigenvalue weighted by atomic mass is 35.5. The molecule has 4 rings (SSSR count). The lowest BCUT2D eigenvalue weighted by Gasteiger charge is -2.10. The van der Waals surface area contributed by atoms with Crippen LogP contribution in [0.2, 0.25) is 5.02 Å². The number of hydrogen-bond donors (Lipinski definition) is 2. The standard InChI is InChI=1S/C25H21ClN4O5S/c1-4-35-24(34)15-5-8-17(9-6-15)28-23(33)21-20(30-19(31)12-14(3)27-25(30)36-21)22(32)29-18-10-7-16(26)11-13(18)2/h5-12H,4H2,1-3H3,(H,28,33)(H,29,32). The molecule has 2 amide bonds. The molecule has 0 fully saturated rings. The Morgan fingerprint density at radius 2 is 1.75 bits per heavy atom. The summed E-state index contributed by atoms with van der Waals surface area (Å²) in [6.07, 6.45) is 0. The smallest absolute Gasteiger partial charge is 0.338 e. The van der Waals surface area contributed by atoms with Gasteiger partial charge in [0, 0.05) is 28.2 Å². The maximum absolute atomic E-state index is 13.4. The van der Waals surface area contributed by atoms with Gasteiger partial charge in [0.15, 0.2) is 4.96 Å². The van der Waals surface area contributed by atoms with Crippen LogP contribution in [0.3, 0.4) is 0 Å². The van der Waals surface area contributed by atoms with Crippen LogP contribution >= 0.6 is 22.9 Å². The van der Waals surface area contributed by atoms with Crippen LogP contribution in [0, 0.1) is 13.8 Å². The van der Waals surface area contributed by atoms with Crippen LogP contribution in [0.15, 0.2) is 53.3 Å². The van der Waals surface area contributed by atoms with Gasteiger partial charge in [0.05, 0.1) is 12.2 Å². The summed E-state index contributed by atoms with van der Waals surface area (Å²) in [7, 11) is 0. The molecule has 2 N–H and O–H groups in total. The average molecular weight is 525 g/mol. The molecule has 0 unspecified atom stereocenters. The molecule has 2 aromatic carbocycles. The highest BCUT2D eigenvalue weighted by Crippen LogP contribution is 2.26. The third-order valence-corrected chi connectivity index (χ3v) is 6.43. The molecule has 184 valence electrons. The van der Waals surface area contributed by atoms with Crippen LogP contribution in [0.5, 0.6) is 0 Å². The van der Waals surface area contributed by atoms with Gasteiger partial charge in [-0.1, -0.05) is 22.9 Å². The van der Waals surface area contributed by atoms with Crippen molar-refractivity contribution in [2.75, 3.05) is 17.2 Å². The van der Waals surface area contributed by atoms with Gasteiger partial charge >= 0.3 is 5.97 Å². The van der Waals surface area contributed by atoms with Gasteiger partial charge in [-0.3, -0.25) is 14.4 Å². The number of fused-ring (bicyclic) bond motifs is 1. The van der Waals surface area contributed by atoms with E-state index in [0.717, 1.165) is 15.7 Å². The number of benzene rings is 2. The Morgan fingerprint density at radius 1 is 1.03 bits per heavy atom. The first-order valence-corrected chi connectivity index (χ1v) is 12.1. The molecule has 0 spiro atoms. The molecule has 2 heterocycles. The Bertz CT molecular complexity index is 1560. The summed E-state index contributed by atoms with van der Waals surface area (Å²) in [6.45, 7) is 5.39. The Labute approximate surface area is 214 Å². The van der Waals surface area contributed by atoms with E-state index in [1.807, 2.05) is 0 Å². The second-order valence-corrected chi connectivity index (χ2v) is 9.21. The molecule has 0 aliphatic heterocycles. The zero-order chi connectivity index (χ0) is 26.0. The lowest BCUT2D eigenvalue weighted by atomic mass is 10.2. The number of thiazole rings is 1. The summed E-state index contributed by atoms with van der Waals surface area (Å²) in [6, 6.07) is 12.4. The maximum atomic E-state index is 13.4. The molecule has 2 aromatic heterocycles. The van der Waals surface area contributed by atoms with E-state index in [2.05, 4.69) is 15.6 Å². The summed E-state index contributed by atoms with van der Waals surface area (Å²) in [5.41, 5.74) is 1.76. The summed E-state index contributed by atoms with van der Waals surface area (Å²) in [5.74, 6) is -1.73. The third-order valence-electron chi connectivity index (χ3n) is 5.16. The largest absolute Gasteiger partial charge is 0.462 e. The molecule has 0 aliphatic carbocycles. The molecule has 0 saturated heterocycles. The minimum Gasteiger partial charge on any atom is -0.462 e. The van der Waals surface area contributed by atoms with Crippen molar-refractivity contribution in [2.45, 2.75) is 20.8 Å². The zero-order valence-corrected chi connectivity index (χ0v) is 21.1. The number of carbonyl (C=O) groups is 3. The molecule has 4 aromatic rings. The molecule has 0 radical (unpaired) electrons. The molecule has 0 aliphatic rings. The number of rotatable bonds is 6. The van der Waals surface area contributed by atoms with Crippen LogP contribution < -0.4 is 16.2 Å². The van der Waals surface area contributed by atoms with Crippen LogP contribution in [0.1, 0.15) is 48.7 Å². The van der Waals surface area contributed by atoms with Gasteiger partial charge in [-0.15, -0.1) is 0 Å². The second kappa shape index (κ2) is 10.3. The average Bonchev–Trinajstić information content (AvgIpc) is 3.21. The van der Waals surface area contributed by atoms with Gasteiger partial charge in [0.2, 0.25) is 0 Å². The predicted octanol–water partition coefficient (Wildman–Crippen LogP) is 4.71.